The van der Waals surface area contributed by atoms with Gasteiger partial charge in [0.2, 0.25) is 0 Å². The molecule has 1 aliphatic carbocycles. The molecule has 0 saturated heterocycles. The maximum Gasteiger partial charge on any atom is 0.0840 e. The topological polar surface area (TPSA) is 73.6 Å². The van der Waals surface area contributed by atoms with Crippen LogP contribution in [0.2, 0.25) is 0 Å². The second-order valence-electron chi connectivity index (χ2n) is 9.39. The number of nitrogens with zero attached hydrogens (tertiary/aromatic N) is 3. The van der Waals surface area contributed by atoms with Crippen molar-refractivity contribution in [3.05, 3.63) is 94.5 Å². The van der Waals surface area contributed by atoms with E-state index in [1.165, 1.54) is 22.3 Å². The molecule has 1 atom stereocenters. The molecule has 3 heterocycles. The van der Waals surface area contributed by atoms with Crippen molar-refractivity contribution in [3.8, 4) is 6.07 Å². The third-order valence-electron chi connectivity index (χ3n) is 7.14. The Labute approximate surface area is 207 Å². The molecular formula is C30H31N5. The summed E-state index contributed by atoms with van der Waals surface area (Å²) in [6, 6.07) is 15.0. The summed E-state index contributed by atoms with van der Waals surface area (Å²) in [5.74, 6) is -0.125. The average Bonchev–Trinajstić information content (AvgIpc) is 2.90. The lowest BCUT2D eigenvalue weighted by molar-refractivity contribution is 0.607. The first-order chi connectivity index (χ1) is 17.1. The predicted molar refractivity (Wildman–Crippen MR) is 142 cm³/mol. The third-order valence-corrected chi connectivity index (χ3v) is 7.14. The highest BCUT2D eigenvalue weighted by Crippen LogP contribution is 2.34. The van der Waals surface area contributed by atoms with Gasteiger partial charge in [0.15, 0.2) is 0 Å². The molecule has 5 nitrogen and oxygen atoms in total. The SMILES string of the molecule is C=C(NCc1cc2nc(C3=CCCC(C)=C3CC)ccc2cn1)c1ccc2c(c1)C(C#N)CNC2. The molecular weight excluding hydrogens is 430 g/mol. The normalized spacial score (nSPS) is 17.5. The van der Waals surface area contributed by atoms with E-state index in [0.29, 0.717) is 13.1 Å². The first kappa shape index (κ1) is 23.0. The van der Waals surface area contributed by atoms with Gasteiger partial charge in [0.25, 0.3) is 0 Å². The van der Waals surface area contributed by atoms with Gasteiger partial charge in [0, 0.05) is 30.4 Å². The summed E-state index contributed by atoms with van der Waals surface area (Å²) in [6.07, 6.45) is 7.47. The Morgan fingerprint density at radius 3 is 2.97 bits per heavy atom. The van der Waals surface area contributed by atoms with Gasteiger partial charge in [-0.15, -0.1) is 0 Å². The zero-order chi connectivity index (χ0) is 24.4. The zero-order valence-electron chi connectivity index (χ0n) is 20.5. The fraction of sp³-hybridized carbons (Fsp3) is 0.300. The smallest absolute Gasteiger partial charge is 0.0840 e. The molecule has 1 unspecified atom stereocenters. The highest BCUT2D eigenvalue weighted by molar-refractivity contribution is 5.85. The van der Waals surface area contributed by atoms with Crippen LogP contribution in [-0.4, -0.2) is 16.5 Å². The van der Waals surface area contributed by atoms with Crippen molar-refractivity contribution >= 4 is 22.2 Å². The van der Waals surface area contributed by atoms with Crippen molar-refractivity contribution in [2.75, 3.05) is 6.54 Å². The number of hydrogen-bond acceptors (Lipinski definition) is 5. The van der Waals surface area contributed by atoms with Crippen molar-refractivity contribution in [3.63, 3.8) is 0 Å². The Balaban J connectivity index is 1.34. The van der Waals surface area contributed by atoms with Gasteiger partial charge in [-0.25, -0.2) is 4.98 Å². The number of nitrogens with one attached hydrogen (secondary N) is 2. The molecule has 2 aliphatic rings. The average molecular weight is 462 g/mol. The van der Waals surface area contributed by atoms with E-state index in [9.17, 15) is 5.26 Å². The van der Waals surface area contributed by atoms with Gasteiger partial charge in [-0.1, -0.05) is 37.3 Å². The van der Waals surface area contributed by atoms with E-state index in [1.807, 2.05) is 6.20 Å². The summed E-state index contributed by atoms with van der Waals surface area (Å²) in [5, 5.41) is 17.3. The van der Waals surface area contributed by atoms with Gasteiger partial charge >= 0.3 is 0 Å². The number of hydrogen-bond donors (Lipinski definition) is 2. The van der Waals surface area contributed by atoms with E-state index in [0.717, 1.165) is 64.9 Å². The van der Waals surface area contributed by atoms with Crippen molar-refractivity contribution in [2.45, 2.75) is 52.1 Å². The second kappa shape index (κ2) is 9.85. The van der Waals surface area contributed by atoms with E-state index in [1.54, 1.807) is 0 Å². The second-order valence-corrected chi connectivity index (χ2v) is 9.39. The number of allylic oxidation sites excluding steroid dienone is 4. The summed E-state index contributed by atoms with van der Waals surface area (Å²) in [5.41, 5.74) is 11.2. The Bertz CT molecular complexity index is 1410. The minimum Gasteiger partial charge on any atom is -0.379 e. The molecule has 176 valence electrons. The molecule has 1 aliphatic heterocycles. The number of rotatable bonds is 6. The van der Waals surface area contributed by atoms with Gasteiger partial charge < -0.3 is 10.6 Å². The van der Waals surface area contributed by atoms with Crippen LogP contribution in [0.5, 0.6) is 0 Å². The van der Waals surface area contributed by atoms with Crippen molar-refractivity contribution in [1.82, 2.24) is 20.6 Å². The van der Waals surface area contributed by atoms with Gasteiger partial charge in [-0.2, -0.15) is 5.26 Å². The molecule has 0 spiro atoms. The lowest BCUT2D eigenvalue weighted by Crippen LogP contribution is -2.27. The molecule has 2 N–H and O–H groups in total. The first-order valence-corrected chi connectivity index (χ1v) is 12.4. The van der Waals surface area contributed by atoms with E-state index in [4.69, 9.17) is 4.98 Å². The molecule has 0 fully saturated rings. The van der Waals surface area contributed by atoms with Gasteiger partial charge in [0.1, 0.15) is 0 Å². The van der Waals surface area contributed by atoms with Crippen LogP contribution in [0.1, 0.15) is 67.1 Å². The molecule has 0 bridgehead atoms. The number of nitriles is 1. The van der Waals surface area contributed by atoms with E-state index < -0.39 is 0 Å². The molecule has 0 amide bonds. The molecule has 35 heavy (non-hydrogen) atoms. The van der Waals surface area contributed by atoms with Crippen LogP contribution >= 0.6 is 0 Å². The largest absolute Gasteiger partial charge is 0.379 e. The highest BCUT2D eigenvalue weighted by atomic mass is 14.9. The summed E-state index contributed by atoms with van der Waals surface area (Å²) in [7, 11) is 0. The lowest BCUT2D eigenvalue weighted by Gasteiger charge is -2.22. The van der Waals surface area contributed by atoms with Gasteiger partial charge in [0.05, 0.1) is 35.4 Å². The van der Waals surface area contributed by atoms with Crippen LogP contribution < -0.4 is 10.6 Å². The molecule has 5 rings (SSSR count). The van der Waals surface area contributed by atoms with Crippen LogP contribution in [0.4, 0.5) is 0 Å². The van der Waals surface area contributed by atoms with Crippen LogP contribution in [0.15, 0.2) is 66.4 Å². The standard InChI is InChI=1S/C30H31N5/c1-4-26-19(2)6-5-7-27(26)29-11-10-23-17-34-25(13-30(23)35-29)18-33-20(3)21-8-9-22-15-32-16-24(14-31)28(22)12-21/h7-13,17,24,32-33H,3-6,15-16,18H2,1-2H3. The van der Waals surface area contributed by atoms with Gasteiger partial charge in [-0.3, -0.25) is 4.98 Å². The summed E-state index contributed by atoms with van der Waals surface area (Å²) in [4.78, 5) is 9.65. The van der Waals surface area contributed by atoms with Crippen molar-refractivity contribution in [2.24, 2.45) is 0 Å². The quantitative estimate of drug-likeness (QED) is 0.471. The molecule has 1 aromatic carbocycles. The molecule has 3 aromatic rings. The zero-order valence-corrected chi connectivity index (χ0v) is 20.5. The third kappa shape index (κ3) is 4.62. The summed E-state index contributed by atoms with van der Waals surface area (Å²) >= 11 is 0. The Hall–Kier alpha value is -3.75. The number of benzene rings is 1. The number of fused-ring (bicyclic) bond motifs is 2. The van der Waals surface area contributed by atoms with Crippen molar-refractivity contribution in [1.29, 1.82) is 5.26 Å². The Morgan fingerprint density at radius 2 is 2.14 bits per heavy atom. The Kier molecular flexibility index (Phi) is 6.48. The van der Waals surface area contributed by atoms with E-state index in [-0.39, 0.29) is 5.92 Å². The summed E-state index contributed by atoms with van der Waals surface area (Å²) < 4.78 is 0. The predicted octanol–water partition coefficient (Wildman–Crippen LogP) is 6.00. The maximum absolute atomic E-state index is 9.50. The van der Waals surface area contributed by atoms with Crippen LogP contribution in [0.3, 0.4) is 0 Å². The fourth-order valence-corrected chi connectivity index (χ4v) is 5.14. The van der Waals surface area contributed by atoms with Crippen LogP contribution in [-0.2, 0) is 13.1 Å². The molecule has 0 saturated carbocycles. The lowest BCUT2D eigenvalue weighted by atomic mass is 9.88. The van der Waals surface area contributed by atoms with Gasteiger partial charge in [-0.05, 0) is 78.3 Å². The number of pyridine rings is 2. The highest BCUT2D eigenvalue weighted by Gasteiger charge is 2.20. The van der Waals surface area contributed by atoms with Crippen molar-refractivity contribution < 1.29 is 0 Å². The number of aromatic nitrogens is 2. The van der Waals surface area contributed by atoms with E-state index in [2.05, 4.69) is 84.6 Å². The molecule has 2 aromatic heterocycles. The maximum atomic E-state index is 9.50. The minimum atomic E-state index is -0.125. The first-order valence-electron chi connectivity index (χ1n) is 12.4. The molecule has 5 heteroatoms. The molecule has 0 radical (unpaired) electrons. The fourth-order valence-electron chi connectivity index (χ4n) is 5.14. The van der Waals surface area contributed by atoms with Crippen LogP contribution in [0, 0.1) is 11.3 Å². The van der Waals surface area contributed by atoms with E-state index >= 15 is 0 Å². The minimum absolute atomic E-state index is 0.125. The Morgan fingerprint density at radius 1 is 1.26 bits per heavy atom. The monoisotopic (exact) mass is 461 g/mol. The van der Waals surface area contributed by atoms with Crippen LogP contribution in [0.25, 0.3) is 22.2 Å². The summed E-state index contributed by atoms with van der Waals surface area (Å²) in [6.45, 7) is 10.8.